The summed E-state index contributed by atoms with van der Waals surface area (Å²) in [5.41, 5.74) is 0. The summed E-state index contributed by atoms with van der Waals surface area (Å²) in [7, 11) is -8.51. The molecule has 26 heavy (non-hydrogen) atoms. The Morgan fingerprint density at radius 2 is 1.00 bits per heavy atom. The number of unbranched alkanes of at least 4 members (excludes halogenated alkanes) is 2. The normalized spacial score (nSPS) is 14.4. The van der Waals surface area contributed by atoms with Gasteiger partial charge in [0.2, 0.25) is 0 Å². The molecule has 0 aliphatic rings. The molecular formula is C16H36O8S2. The van der Waals surface area contributed by atoms with Crippen LogP contribution in [0.25, 0.3) is 0 Å². The lowest BCUT2D eigenvalue weighted by atomic mass is 10.0. The van der Waals surface area contributed by atoms with Gasteiger partial charge in [0.1, 0.15) is 0 Å². The van der Waals surface area contributed by atoms with Gasteiger partial charge in [0.25, 0.3) is 0 Å². The fourth-order valence-electron chi connectivity index (χ4n) is 2.16. The Morgan fingerprint density at radius 3 is 1.19 bits per heavy atom. The van der Waals surface area contributed by atoms with E-state index in [1.54, 1.807) is 0 Å². The van der Waals surface area contributed by atoms with Crippen molar-refractivity contribution in [2.75, 3.05) is 13.2 Å². The smallest absolute Gasteiger partial charge is 0.264 e. The van der Waals surface area contributed by atoms with Crippen LogP contribution in [0.15, 0.2) is 0 Å². The third kappa shape index (κ3) is 21.8. The van der Waals surface area contributed by atoms with E-state index in [2.05, 4.69) is 22.2 Å². The fourth-order valence-corrected chi connectivity index (χ4v) is 2.89. The van der Waals surface area contributed by atoms with Gasteiger partial charge in [-0.15, -0.1) is 0 Å². The Morgan fingerprint density at radius 1 is 0.692 bits per heavy atom. The van der Waals surface area contributed by atoms with Gasteiger partial charge in [-0.3, -0.25) is 9.11 Å². The minimum Gasteiger partial charge on any atom is -0.264 e. The van der Waals surface area contributed by atoms with Crippen molar-refractivity contribution in [1.29, 1.82) is 0 Å². The molecule has 10 heteroatoms. The summed E-state index contributed by atoms with van der Waals surface area (Å²) in [6, 6.07) is 0. The highest BCUT2D eigenvalue weighted by Gasteiger charge is 2.12. The third-order valence-corrected chi connectivity index (χ3v) is 4.86. The van der Waals surface area contributed by atoms with Crippen LogP contribution in [0.1, 0.15) is 79.1 Å². The molecule has 0 aliphatic carbocycles. The molecule has 0 rings (SSSR count). The lowest BCUT2D eigenvalue weighted by Crippen LogP contribution is -2.13. The van der Waals surface area contributed by atoms with Crippen molar-refractivity contribution in [3.63, 3.8) is 0 Å². The Bertz CT molecular complexity index is 468. The molecule has 2 unspecified atom stereocenters. The second kappa shape index (κ2) is 15.8. The van der Waals surface area contributed by atoms with Gasteiger partial charge in [0.15, 0.2) is 0 Å². The van der Waals surface area contributed by atoms with E-state index in [-0.39, 0.29) is 25.0 Å². The molecule has 0 amide bonds. The maximum Gasteiger partial charge on any atom is 0.397 e. The van der Waals surface area contributed by atoms with Gasteiger partial charge in [-0.1, -0.05) is 66.2 Å². The molecule has 0 spiro atoms. The standard InChI is InChI=1S/2C8H18O4S/c2*1-3-5-6-8(4-2)7-12-13(9,10)11/h2*8H,3-7H2,1-2H3,(H,9,10,11). The first-order valence-electron chi connectivity index (χ1n) is 9.22. The van der Waals surface area contributed by atoms with Crippen LogP contribution >= 0.6 is 0 Å². The second-order valence-electron chi connectivity index (χ2n) is 6.26. The molecule has 0 radical (unpaired) electrons. The van der Waals surface area contributed by atoms with E-state index in [0.29, 0.717) is 0 Å². The average Bonchev–Trinajstić information content (AvgIpc) is 2.54. The Hall–Kier alpha value is -0.260. The van der Waals surface area contributed by atoms with Gasteiger partial charge in [0.05, 0.1) is 13.2 Å². The SMILES string of the molecule is CCCCC(CC)COS(=O)(=O)O.CCCCC(CC)COS(=O)(=O)O. The summed E-state index contributed by atoms with van der Waals surface area (Å²) >= 11 is 0. The number of rotatable bonds is 14. The van der Waals surface area contributed by atoms with E-state index in [9.17, 15) is 16.8 Å². The summed E-state index contributed by atoms with van der Waals surface area (Å²) in [6.07, 6.45) is 7.93. The van der Waals surface area contributed by atoms with Crippen LogP contribution in [0.3, 0.4) is 0 Å². The molecule has 0 saturated carbocycles. The van der Waals surface area contributed by atoms with Crippen LogP contribution in [-0.4, -0.2) is 39.2 Å². The van der Waals surface area contributed by atoms with Crippen LogP contribution < -0.4 is 0 Å². The van der Waals surface area contributed by atoms with E-state index in [0.717, 1.165) is 51.4 Å². The van der Waals surface area contributed by atoms with Gasteiger partial charge in [0, 0.05) is 0 Å². The molecule has 0 aromatic carbocycles. The van der Waals surface area contributed by atoms with Crippen LogP contribution in [0.2, 0.25) is 0 Å². The molecular weight excluding hydrogens is 384 g/mol. The second-order valence-corrected chi connectivity index (χ2v) is 8.44. The predicted molar refractivity (Wildman–Crippen MR) is 102 cm³/mol. The maximum atomic E-state index is 10.3. The van der Waals surface area contributed by atoms with Crippen LogP contribution in [0.4, 0.5) is 0 Å². The van der Waals surface area contributed by atoms with Crippen molar-refractivity contribution in [3.05, 3.63) is 0 Å². The lowest BCUT2D eigenvalue weighted by molar-refractivity contribution is 0.210. The molecule has 0 aliphatic heterocycles. The summed E-state index contributed by atoms with van der Waals surface area (Å²) in [4.78, 5) is 0. The highest BCUT2D eigenvalue weighted by molar-refractivity contribution is 7.81. The Kier molecular flexibility index (Phi) is 16.9. The molecule has 160 valence electrons. The van der Waals surface area contributed by atoms with Crippen molar-refractivity contribution in [2.45, 2.75) is 79.1 Å². The van der Waals surface area contributed by atoms with Crippen molar-refractivity contribution >= 4 is 20.8 Å². The molecule has 0 bridgehead atoms. The molecule has 0 fully saturated rings. The molecule has 2 N–H and O–H groups in total. The van der Waals surface area contributed by atoms with Crippen molar-refractivity contribution in [1.82, 2.24) is 0 Å². The first kappa shape index (κ1) is 28.0. The van der Waals surface area contributed by atoms with Gasteiger partial charge in [-0.2, -0.15) is 16.8 Å². The van der Waals surface area contributed by atoms with Crippen molar-refractivity contribution < 1.29 is 34.3 Å². The van der Waals surface area contributed by atoms with E-state index < -0.39 is 20.8 Å². The Labute approximate surface area is 159 Å². The fraction of sp³-hybridized carbons (Fsp3) is 1.00. The first-order chi connectivity index (χ1) is 12.0. The molecule has 0 heterocycles. The molecule has 0 aromatic rings. The zero-order chi connectivity index (χ0) is 20.6. The highest BCUT2D eigenvalue weighted by Crippen LogP contribution is 2.14. The minimum absolute atomic E-state index is 0.0926. The van der Waals surface area contributed by atoms with E-state index in [1.165, 1.54) is 0 Å². The summed E-state index contributed by atoms with van der Waals surface area (Å²) < 4.78 is 66.3. The molecule has 0 saturated heterocycles. The topological polar surface area (TPSA) is 127 Å². The maximum absolute atomic E-state index is 10.3. The zero-order valence-electron chi connectivity index (χ0n) is 16.4. The Balaban J connectivity index is 0. The van der Waals surface area contributed by atoms with Gasteiger partial charge < -0.3 is 0 Å². The monoisotopic (exact) mass is 420 g/mol. The van der Waals surface area contributed by atoms with Crippen molar-refractivity contribution in [3.8, 4) is 0 Å². The number of hydrogen-bond acceptors (Lipinski definition) is 6. The van der Waals surface area contributed by atoms with Crippen LogP contribution in [0, 0.1) is 11.8 Å². The van der Waals surface area contributed by atoms with Crippen molar-refractivity contribution in [2.24, 2.45) is 11.8 Å². The highest BCUT2D eigenvalue weighted by atomic mass is 32.3. The minimum atomic E-state index is -4.25. The first-order valence-corrected chi connectivity index (χ1v) is 12.0. The molecule has 2 atom stereocenters. The van der Waals surface area contributed by atoms with Gasteiger partial charge >= 0.3 is 20.8 Å². The van der Waals surface area contributed by atoms with E-state index in [4.69, 9.17) is 9.11 Å². The number of hydrogen-bond donors (Lipinski definition) is 2. The molecule has 0 aromatic heterocycles. The lowest BCUT2D eigenvalue weighted by Gasteiger charge is -2.12. The predicted octanol–water partition coefficient (Wildman–Crippen LogP) is 4.04. The largest absolute Gasteiger partial charge is 0.397 e. The van der Waals surface area contributed by atoms with Crippen LogP contribution in [-0.2, 0) is 29.2 Å². The summed E-state index contributed by atoms with van der Waals surface area (Å²) in [5, 5.41) is 0. The zero-order valence-corrected chi connectivity index (χ0v) is 18.0. The summed E-state index contributed by atoms with van der Waals surface area (Å²) in [6.45, 7) is 8.30. The van der Waals surface area contributed by atoms with E-state index >= 15 is 0 Å². The van der Waals surface area contributed by atoms with Gasteiger partial charge in [-0.05, 0) is 24.7 Å². The van der Waals surface area contributed by atoms with Crippen LogP contribution in [0.5, 0.6) is 0 Å². The van der Waals surface area contributed by atoms with Gasteiger partial charge in [-0.25, -0.2) is 8.37 Å². The molecule has 8 nitrogen and oxygen atoms in total. The average molecular weight is 421 g/mol. The third-order valence-electron chi connectivity index (χ3n) is 3.99. The summed E-state index contributed by atoms with van der Waals surface area (Å²) in [5.74, 6) is 0.448. The van der Waals surface area contributed by atoms with E-state index in [1.807, 2.05) is 13.8 Å². The quantitative estimate of drug-likeness (QED) is 0.403.